The fraction of sp³-hybridized carbons (Fsp3) is 0.519. The number of nitriles is 1. The molecule has 0 radical (unpaired) electrons. The van der Waals surface area contributed by atoms with Crippen LogP contribution in [0.5, 0.6) is 0 Å². The predicted octanol–water partition coefficient (Wildman–Crippen LogP) is 2.59. The van der Waals surface area contributed by atoms with Crippen LogP contribution >= 0.6 is 11.3 Å². The third-order valence-corrected chi connectivity index (χ3v) is 9.38. The standard InChI is InChI=1S/C27H35N9S/c1-27(5-3-4-22-25(27)21(16-28)26(29)37-22)19-17-31-36(18-19)24-15-20(34-8-6-30-7-9-34)14-23(32-24)35-12-10-33(2)11-13-35/h14-15,17-18,30H,3-13,29H2,1-2H3. The van der Waals surface area contributed by atoms with E-state index in [-0.39, 0.29) is 5.41 Å². The van der Waals surface area contributed by atoms with Gasteiger partial charge in [-0.3, -0.25) is 0 Å². The van der Waals surface area contributed by atoms with Gasteiger partial charge in [0.05, 0.1) is 11.8 Å². The number of piperazine rings is 2. The zero-order valence-corrected chi connectivity index (χ0v) is 22.5. The van der Waals surface area contributed by atoms with Crippen LogP contribution in [0.2, 0.25) is 0 Å². The summed E-state index contributed by atoms with van der Waals surface area (Å²) >= 11 is 1.57. The molecule has 1 atom stereocenters. The van der Waals surface area contributed by atoms with Crippen LogP contribution in [0.1, 0.15) is 41.3 Å². The molecule has 0 saturated carbocycles. The number of thiophene rings is 1. The molecule has 3 aromatic rings. The van der Waals surface area contributed by atoms with Gasteiger partial charge in [0, 0.05) is 92.2 Å². The maximum Gasteiger partial charge on any atom is 0.157 e. The van der Waals surface area contributed by atoms with Crippen LogP contribution < -0.4 is 20.9 Å². The van der Waals surface area contributed by atoms with Crippen molar-refractivity contribution >= 4 is 27.8 Å². The van der Waals surface area contributed by atoms with E-state index in [2.05, 4.69) is 58.4 Å². The van der Waals surface area contributed by atoms with Gasteiger partial charge in [0.2, 0.25) is 0 Å². The van der Waals surface area contributed by atoms with Gasteiger partial charge in [-0.25, -0.2) is 9.67 Å². The van der Waals surface area contributed by atoms with Crippen LogP contribution in [0, 0.1) is 11.3 Å². The monoisotopic (exact) mass is 517 g/mol. The molecule has 10 heteroatoms. The lowest BCUT2D eigenvalue weighted by molar-refractivity contribution is 0.312. The maximum absolute atomic E-state index is 9.88. The molecule has 1 unspecified atom stereocenters. The van der Waals surface area contributed by atoms with E-state index in [1.54, 1.807) is 11.3 Å². The quantitative estimate of drug-likeness (QED) is 0.545. The maximum atomic E-state index is 9.88. The molecule has 2 saturated heterocycles. The van der Waals surface area contributed by atoms with Gasteiger partial charge in [-0.15, -0.1) is 11.3 Å². The van der Waals surface area contributed by atoms with Crippen LogP contribution in [-0.2, 0) is 11.8 Å². The highest BCUT2D eigenvalue weighted by Crippen LogP contribution is 2.48. The molecular weight excluding hydrogens is 482 g/mol. The Bertz CT molecular complexity index is 1320. The number of aryl methyl sites for hydroxylation is 1. The van der Waals surface area contributed by atoms with E-state index in [4.69, 9.17) is 15.8 Å². The first-order valence-electron chi connectivity index (χ1n) is 13.2. The summed E-state index contributed by atoms with van der Waals surface area (Å²) in [5.74, 6) is 1.85. The van der Waals surface area contributed by atoms with E-state index in [1.807, 2.05) is 10.9 Å². The van der Waals surface area contributed by atoms with Gasteiger partial charge < -0.3 is 25.8 Å². The van der Waals surface area contributed by atoms with Gasteiger partial charge in [0.1, 0.15) is 16.9 Å². The highest BCUT2D eigenvalue weighted by molar-refractivity contribution is 7.16. The van der Waals surface area contributed by atoms with E-state index >= 15 is 0 Å². The van der Waals surface area contributed by atoms with E-state index in [1.165, 1.54) is 10.6 Å². The first-order valence-corrected chi connectivity index (χ1v) is 14.1. The summed E-state index contributed by atoms with van der Waals surface area (Å²) in [7, 11) is 2.18. The molecule has 1 aliphatic carbocycles. The van der Waals surface area contributed by atoms with Crippen molar-refractivity contribution < 1.29 is 0 Å². The van der Waals surface area contributed by atoms with E-state index in [9.17, 15) is 5.26 Å². The lowest BCUT2D eigenvalue weighted by Gasteiger charge is -2.35. The van der Waals surface area contributed by atoms with Crippen molar-refractivity contribution in [2.75, 3.05) is 74.9 Å². The van der Waals surface area contributed by atoms with Gasteiger partial charge >= 0.3 is 0 Å². The number of nitrogens with zero attached hydrogens (tertiary/aromatic N) is 7. The van der Waals surface area contributed by atoms with Crippen molar-refractivity contribution in [2.24, 2.45) is 0 Å². The Labute approximate surface area is 222 Å². The smallest absolute Gasteiger partial charge is 0.157 e. The second-order valence-corrected chi connectivity index (χ2v) is 11.8. The average molecular weight is 518 g/mol. The topological polar surface area (TPSA) is 102 Å². The van der Waals surface area contributed by atoms with E-state index in [0.29, 0.717) is 10.6 Å². The summed E-state index contributed by atoms with van der Waals surface area (Å²) in [6.45, 7) is 10.2. The van der Waals surface area contributed by atoms with Crippen molar-refractivity contribution in [3.05, 3.63) is 46.1 Å². The number of nitrogens with one attached hydrogen (secondary N) is 1. The van der Waals surface area contributed by atoms with Gasteiger partial charge in [-0.1, -0.05) is 6.92 Å². The minimum Gasteiger partial charge on any atom is -0.389 e. The number of nitrogens with two attached hydrogens (primary N) is 1. The Morgan fingerprint density at radius 1 is 1.08 bits per heavy atom. The molecule has 9 nitrogen and oxygen atoms in total. The molecule has 194 valence electrons. The zero-order chi connectivity index (χ0) is 25.6. The molecule has 6 rings (SSSR count). The van der Waals surface area contributed by atoms with Crippen LogP contribution in [0.15, 0.2) is 24.5 Å². The lowest BCUT2D eigenvalue weighted by Crippen LogP contribution is -2.45. The summed E-state index contributed by atoms with van der Waals surface area (Å²) < 4.78 is 1.92. The summed E-state index contributed by atoms with van der Waals surface area (Å²) in [6.07, 6.45) is 7.10. The van der Waals surface area contributed by atoms with Gasteiger partial charge in [-0.2, -0.15) is 10.4 Å². The number of rotatable bonds is 4. The molecule has 0 bridgehead atoms. The molecule has 0 aromatic carbocycles. The van der Waals surface area contributed by atoms with Crippen LogP contribution in [-0.4, -0.2) is 79.1 Å². The molecule has 2 fully saturated rings. The first kappa shape index (κ1) is 24.2. The summed E-state index contributed by atoms with van der Waals surface area (Å²) in [4.78, 5) is 13.5. The van der Waals surface area contributed by atoms with Gasteiger partial charge in [-0.05, 0) is 31.9 Å². The first-order chi connectivity index (χ1) is 18.0. The SMILES string of the molecule is CN1CCN(c2cc(N3CCNCC3)cc(-n3cc(C4(C)CCCc5sc(N)c(C#N)c54)cn3)n2)CC1. The van der Waals surface area contributed by atoms with Crippen molar-refractivity contribution in [3.8, 4) is 11.9 Å². The number of hydrogen-bond donors (Lipinski definition) is 2. The Morgan fingerprint density at radius 3 is 2.59 bits per heavy atom. The normalized spacial score (nSPS) is 22.6. The number of fused-ring (bicyclic) bond motifs is 1. The Morgan fingerprint density at radius 2 is 1.84 bits per heavy atom. The highest BCUT2D eigenvalue weighted by Gasteiger charge is 2.39. The molecule has 0 amide bonds. The molecule has 0 spiro atoms. The summed E-state index contributed by atoms with van der Waals surface area (Å²) in [5.41, 5.74) is 10.0. The molecule has 5 heterocycles. The number of hydrogen-bond acceptors (Lipinski definition) is 9. The van der Waals surface area contributed by atoms with Crippen molar-refractivity contribution in [3.63, 3.8) is 0 Å². The Balaban J connectivity index is 1.39. The molecule has 3 aliphatic rings. The molecule has 3 N–H and O–H groups in total. The zero-order valence-electron chi connectivity index (χ0n) is 21.7. The molecule has 3 aromatic heterocycles. The summed E-state index contributed by atoms with van der Waals surface area (Å²) in [5, 5.41) is 18.8. The van der Waals surface area contributed by atoms with Gasteiger partial charge in [0.25, 0.3) is 0 Å². The average Bonchev–Trinajstić information content (AvgIpc) is 3.55. The second-order valence-electron chi connectivity index (χ2n) is 10.7. The third-order valence-electron chi connectivity index (χ3n) is 8.30. The van der Waals surface area contributed by atoms with E-state index in [0.717, 1.165) is 94.4 Å². The number of pyridine rings is 1. The lowest BCUT2D eigenvalue weighted by atomic mass is 9.69. The summed E-state index contributed by atoms with van der Waals surface area (Å²) in [6, 6.07) is 6.79. The number of likely N-dealkylation sites (N-methyl/N-ethyl adjacent to an activating group) is 1. The van der Waals surface area contributed by atoms with Gasteiger partial charge in [0.15, 0.2) is 5.82 Å². The van der Waals surface area contributed by atoms with E-state index < -0.39 is 0 Å². The Kier molecular flexibility index (Phi) is 6.31. The third kappa shape index (κ3) is 4.35. The number of anilines is 3. The van der Waals surface area contributed by atoms with Crippen LogP contribution in [0.25, 0.3) is 5.82 Å². The Hall–Kier alpha value is -3.13. The van der Waals surface area contributed by atoms with Crippen molar-refractivity contribution in [1.29, 1.82) is 5.26 Å². The largest absolute Gasteiger partial charge is 0.389 e. The highest BCUT2D eigenvalue weighted by atomic mass is 32.1. The predicted molar refractivity (Wildman–Crippen MR) is 149 cm³/mol. The fourth-order valence-electron chi connectivity index (χ4n) is 6.03. The van der Waals surface area contributed by atoms with Crippen LogP contribution in [0.4, 0.5) is 16.5 Å². The van der Waals surface area contributed by atoms with Crippen molar-refractivity contribution in [1.82, 2.24) is 25.0 Å². The molecular formula is C27H35N9S. The minimum absolute atomic E-state index is 0.290. The number of aromatic nitrogens is 3. The molecule has 2 aliphatic heterocycles. The molecule has 37 heavy (non-hydrogen) atoms. The second kappa shape index (κ2) is 9.63. The number of nitrogen functional groups attached to an aromatic ring is 1. The van der Waals surface area contributed by atoms with Crippen molar-refractivity contribution in [2.45, 2.75) is 31.6 Å². The fourth-order valence-corrected chi connectivity index (χ4v) is 7.22. The minimum atomic E-state index is -0.290. The van der Waals surface area contributed by atoms with Crippen LogP contribution in [0.3, 0.4) is 0 Å².